The van der Waals surface area contributed by atoms with Gasteiger partial charge in [0.2, 0.25) is 5.91 Å². The van der Waals surface area contributed by atoms with Crippen LogP contribution < -0.4 is 11.1 Å². The van der Waals surface area contributed by atoms with Gasteiger partial charge in [-0.25, -0.2) is 0 Å². The highest BCUT2D eigenvalue weighted by Gasteiger charge is 2.35. The lowest BCUT2D eigenvalue weighted by Crippen LogP contribution is -2.52. The molecule has 1 saturated heterocycles. The van der Waals surface area contributed by atoms with Gasteiger partial charge in [-0.3, -0.25) is 9.59 Å². The van der Waals surface area contributed by atoms with E-state index in [0.29, 0.717) is 50.4 Å². The Hall–Kier alpha value is -1.63. The van der Waals surface area contributed by atoms with E-state index in [1.54, 1.807) is 29.2 Å². The maximum atomic E-state index is 12.5. The van der Waals surface area contributed by atoms with Crippen LogP contribution in [0.15, 0.2) is 24.3 Å². The lowest BCUT2D eigenvalue weighted by atomic mass is 9.82. The number of nitrogens with two attached hydrogens (primary N) is 1. The van der Waals surface area contributed by atoms with Crippen LogP contribution in [0, 0.1) is 0 Å². The molecule has 0 unspecified atom stereocenters. The molecule has 0 aromatic heterocycles. The second-order valence-corrected chi connectivity index (χ2v) is 6.66. The van der Waals surface area contributed by atoms with Gasteiger partial charge in [0.15, 0.2) is 0 Å². The third-order valence-corrected chi connectivity index (χ3v) is 4.86. The average molecular weight is 368 g/mol. The molecule has 2 fully saturated rings. The second-order valence-electron chi connectivity index (χ2n) is 6.66. The Bertz CT molecular complexity index is 611. The smallest absolute Gasteiger partial charge is 0.254 e. The molecule has 1 aromatic carbocycles. The summed E-state index contributed by atoms with van der Waals surface area (Å²) in [5.41, 5.74) is 6.67. The van der Waals surface area contributed by atoms with Crippen molar-refractivity contribution in [2.45, 2.75) is 37.6 Å². The van der Waals surface area contributed by atoms with E-state index in [1.807, 2.05) is 0 Å². The first kappa shape index (κ1) is 19.7. The molecule has 138 valence electrons. The van der Waals surface area contributed by atoms with Gasteiger partial charge in [-0.1, -0.05) is 25.3 Å². The average Bonchev–Trinajstić information content (AvgIpc) is 2.62. The first-order valence-corrected chi connectivity index (χ1v) is 8.66. The molecule has 3 rings (SSSR count). The third-order valence-electron chi connectivity index (χ3n) is 4.86. The Morgan fingerprint density at radius 3 is 2.48 bits per heavy atom. The molecule has 1 heterocycles. The Labute approximate surface area is 154 Å². The molecule has 3 N–H and O–H groups in total. The van der Waals surface area contributed by atoms with Crippen molar-refractivity contribution in [2.75, 3.05) is 31.6 Å². The Kier molecular flexibility index (Phi) is 6.81. The molecule has 6 nitrogen and oxygen atoms in total. The molecule has 2 aliphatic rings. The highest BCUT2D eigenvalue weighted by atomic mass is 35.5. The molecule has 25 heavy (non-hydrogen) atoms. The monoisotopic (exact) mass is 367 g/mol. The number of amides is 2. The van der Waals surface area contributed by atoms with E-state index in [4.69, 9.17) is 10.5 Å². The number of anilines is 1. The van der Waals surface area contributed by atoms with E-state index >= 15 is 0 Å². The van der Waals surface area contributed by atoms with Crippen LogP contribution >= 0.6 is 12.4 Å². The highest BCUT2D eigenvalue weighted by Crippen LogP contribution is 2.27. The van der Waals surface area contributed by atoms with Gasteiger partial charge >= 0.3 is 0 Å². The summed E-state index contributed by atoms with van der Waals surface area (Å²) in [7, 11) is 0. The predicted molar refractivity (Wildman–Crippen MR) is 99.0 cm³/mol. The number of nitrogens with one attached hydrogen (secondary N) is 1. The summed E-state index contributed by atoms with van der Waals surface area (Å²) < 4.78 is 5.28. The third kappa shape index (κ3) is 4.71. The molecule has 0 bridgehead atoms. The van der Waals surface area contributed by atoms with Crippen LogP contribution in [0.25, 0.3) is 0 Å². The number of halogens is 1. The number of carbonyl (C=O) groups is 2. The van der Waals surface area contributed by atoms with Gasteiger partial charge in [-0.15, -0.1) is 12.4 Å². The maximum Gasteiger partial charge on any atom is 0.254 e. The van der Waals surface area contributed by atoms with Gasteiger partial charge in [-0.2, -0.15) is 0 Å². The SMILES string of the molecule is Cl.NC1(C(=O)Nc2cccc(C(=O)N3CCOCC3)c2)CCCCC1. The number of carbonyl (C=O) groups excluding carboxylic acids is 2. The van der Waals surface area contributed by atoms with Gasteiger partial charge in [0.1, 0.15) is 0 Å². The largest absolute Gasteiger partial charge is 0.378 e. The number of hydrogen-bond donors (Lipinski definition) is 2. The van der Waals surface area contributed by atoms with Crippen LogP contribution in [0.3, 0.4) is 0 Å². The van der Waals surface area contributed by atoms with E-state index in [0.717, 1.165) is 19.3 Å². The number of benzene rings is 1. The highest BCUT2D eigenvalue weighted by molar-refractivity contribution is 6.00. The molecule has 1 aliphatic heterocycles. The molecule has 0 radical (unpaired) electrons. The Morgan fingerprint density at radius 1 is 1.12 bits per heavy atom. The van der Waals surface area contributed by atoms with Crippen molar-refractivity contribution in [3.63, 3.8) is 0 Å². The number of nitrogens with zero attached hydrogens (tertiary/aromatic N) is 1. The van der Waals surface area contributed by atoms with Crippen LogP contribution in [0.1, 0.15) is 42.5 Å². The van der Waals surface area contributed by atoms with Crippen LogP contribution in [-0.4, -0.2) is 48.6 Å². The van der Waals surface area contributed by atoms with E-state index in [2.05, 4.69) is 5.32 Å². The fourth-order valence-corrected chi connectivity index (χ4v) is 3.34. The summed E-state index contributed by atoms with van der Waals surface area (Å²) >= 11 is 0. The van der Waals surface area contributed by atoms with E-state index in [-0.39, 0.29) is 24.2 Å². The molecule has 0 spiro atoms. The van der Waals surface area contributed by atoms with Crippen LogP contribution in [-0.2, 0) is 9.53 Å². The summed E-state index contributed by atoms with van der Waals surface area (Å²) in [6.45, 7) is 2.33. The zero-order valence-electron chi connectivity index (χ0n) is 14.3. The normalized spacial score (nSPS) is 19.6. The minimum absolute atomic E-state index is 0. The minimum Gasteiger partial charge on any atom is -0.378 e. The second kappa shape index (κ2) is 8.65. The molecule has 1 aromatic rings. The lowest BCUT2D eigenvalue weighted by Gasteiger charge is -2.31. The van der Waals surface area contributed by atoms with E-state index in [9.17, 15) is 9.59 Å². The minimum atomic E-state index is -0.789. The van der Waals surface area contributed by atoms with Crippen molar-refractivity contribution in [2.24, 2.45) is 5.73 Å². The molecular formula is C18H26ClN3O3. The first-order chi connectivity index (χ1) is 11.6. The van der Waals surface area contributed by atoms with Crippen molar-refractivity contribution in [3.05, 3.63) is 29.8 Å². The Balaban J connectivity index is 0.00000225. The number of morpholine rings is 1. The standard InChI is InChI=1S/C18H25N3O3.ClH/c19-18(7-2-1-3-8-18)17(23)20-15-6-4-5-14(13-15)16(22)21-9-11-24-12-10-21;/h4-6,13H,1-3,7-12,19H2,(H,20,23);1H. The van der Waals surface area contributed by atoms with Crippen molar-refractivity contribution >= 4 is 29.9 Å². The van der Waals surface area contributed by atoms with Gasteiger partial charge in [-0.05, 0) is 31.0 Å². The van der Waals surface area contributed by atoms with Crippen molar-refractivity contribution in [1.82, 2.24) is 4.90 Å². The zero-order valence-corrected chi connectivity index (χ0v) is 15.1. The molecule has 1 aliphatic carbocycles. The first-order valence-electron chi connectivity index (χ1n) is 8.66. The van der Waals surface area contributed by atoms with Crippen LogP contribution in [0.4, 0.5) is 5.69 Å². The number of ether oxygens (including phenoxy) is 1. The fraction of sp³-hybridized carbons (Fsp3) is 0.556. The maximum absolute atomic E-state index is 12.5. The van der Waals surface area contributed by atoms with Gasteiger partial charge in [0.25, 0.3) is 5.91 Å². The molecule has 1 saturated carbocycles. The van der Waals surface area contributed by atoms with E-state index in [1.165, 1.54) is 0 Å². The van der Waals surface area contributed by atoms with Crippen LogP contribution in [0.5, 0.6) is 0 Å². The molecule has 0 atom stereocenters. The number of rotatable bonds is 3. The van der Waals surface area contributed by atoms with Crippen molar-refractivity contribution < 1.29 is 14.3 Å². The van der Waals surface area contributed by atoms with Gasteiger partial charge in [0, 0.05) is 24.3 Å². The van der Waals surface area contributed by atoms with Gasteiger partial charge in [0.05, 0.1) is 18.8 Å². The summed E-state index contributed by atoms with van der Waals surface area (Å²) in [6.07, 6.45) is 4.53. The topological polar surface area (TPSA) is 84.7 Å². The van der Waals surface area contributed by atoms with E-state index < -0.39 is 5.54 Å². The summed E-state index contributed by atoms with van der Waals surface area (Å²) in [4.78, 5) is 26.8. The molecule has 2 amide bonds. The van der Waals surface area contributed by atoms with Gasteiger partial charge < -0.3 is 20.7 Å². The summed E-state index contributed by atoms with van der Waals surface area (Å²) in [6, 6.07) is 7.07. The lowest BCUT2D eigenvalue weighted by molar-refractivity contribution is -0.122. The fourth-order valence-electron chi connectivity index (χ4n) is 3.34. The van der Waals surface area contributed by atoms with Crippen molar-refractivity contribution in [3.8, 4) is 0 Å². The van der Waals surface area contributed by atoms with Crippen molar-refractivity contribution in [1.29, 1.82) is 0 Å². The van der Waals surface area contributed by atoms with Crippen LogP contribution in [0.2, 0.25) is 0 Å². The molecular weight excluding hydrogens is 342 g/mol. The quantitative estimate of drug-likeness (QED) is 0.857. The summed E-state index contributed by atoms with van der Waals surface area (Å²) in [5.74, 6) is -0.187. The zero-order chi connectivity index (χ0) is 17.0. The number of hydrogen-bond acceptors (Lipinski definition) is 4. The summed E-state index contributed by atoms with van der Waals surface area (Å²) in [5, 5.41) is 2.89. The molecule has 7 heteroatoms. The Morgan fingerprint density at radius 2 is 1.80 bits per heavy atom. The predicted octanol–water partition coefficient (Wildman–Crippen LogP) is 2.18.